The molecule has 0 aliphatic carbocycles. The zero-order chi connectivity index (χ0) is 10.5. The standard InChI is InChI=1S/C10H16N4O/c1-15-9-3-5-12-10(14-9)13-7-8-2-4-11-6-8/h3,5,8,11H,2,4,6-7H2,1H3,(H,12,13,14). The van der Waals surface area contributed by atoms with Crippen LogP contribution < -0.4 is 15.4 Å². The van der Waals surface area contributed by atoms with E-state index < -0.39 is 0 Å². The van der Waals surface area contributed by atoms with Crippen LogP contribution in [0, 0.1) is 5.92 Å². The Balaban J connectivity index is 1.86. The minimum absolute atomic E-state index is 0.594. The summed E-state index contributed by atoms with van der Waals surface area (Å²) in [6.45, 7) is 3.11. The van der Waals surface area contributed by atoms with Gasteiger partial charge in [-0.3, -0.25) is 0 Å². The highest BCUT2D eigenvalue weighted by molar-refractivity contribution is 5.27. The van der Waals surface area contributed by atoms with Crippen molar-refractivity contribution in [3.8, 4) is 5.88 Å². The van der Waals surface area contributed by atoms with E-state index in [9.17, 15) is 0 Å². The summed E-state index contributed by atoms with van der Waals surface area (Å²) in [5, 5.41) is 6.54. The van der Waals surface area contributed by atoms with Crippen LogP contribution >= 0.6 is 0 Å². The Morgan fingerprint density at radius 3 is 3.33 bits per heavy atom. The van der Waals surface area contributed by atoms with Gasteiger partial charge in [0.25, 0.3) is 0 Å². The first-order valence-corrected chi connectivity index (χ1v) is 5.20. The van der Waals surface area contributed by atoms with Gasteiger partial charge in [-0.1, -0.05) is 0 Å². The molecule has 1 aliphatic rings. The fraction of sp³-hybridized carbons (Fsp3) is 0.600. The molecule has 0 spiro atoms. The summed E-state index contributed by atoms with van der Waals surface area (Å²) in [5.41, 5.74) is 0. The van der Waals surface area contributed by atoms with E-state index in [0.29, 0.717) is 17.7 Å². The quantitative estimate of drug-likeness (QED) is 0.755. The Labute approximate surface area is 89.3 Å². The number of ether oxygens (including phenoxy) is 1. The zero-order valence-electron chi connectivity index (χ0n) is 8.86. The van der Waals surface area contributed by atoms with Gasteiger partial charge in [-0.15, -0.1) is 0 Å². The molecular weight excluding hydrogens is 192 g/mol. The average molecular weight is 208 g/mol. The normalized spacial score (nSPS) is 20.2. The fourth-order valence-electron chi connectivity index (χ4n) is 1.67. The third-order valence-electron chi connectivity index (χ3n) is 2.55. The van der Waals surface area contributed by atoms with Gasteiger partial charge in [-0.05, 0) is 25.4 Å². The van der Waals surface area contributed by atoms with Crippen molar-refractivity contribution < 1.29 is 4.74 Å². The molecule has 2 heterocycles. The lowest BCUT2D eigenvalue weighted by atomic mass is 10.1. The van der Waals surface area contributed by atoms with Crippen LogP contribution in [0.2, 0.25) is 0 Å². The molecule has 1 saturated heterocycles. The summed E-state index contributed by atoms with van der Waals surface area (Å²) in [6, 6.07) is 1.74. The summed E-state index contributed by atoms with van der Waals surface area (Å²) in [4.78, 5) is 8.31. The van der Waals surface area contributed by atoms with Crippen molar-refractivity contribution in [1.82, 2.24) is 15.3 Å². The first-order valence-electron chi connectivity index (χ1n) is 5.20. The number of hydrogen-bond acceptors (Lipinski definition) is 5. The molecule has 1 fully saturated rings. The average Bonchev–Trinajstić information content (AvgIpc) is 2.79. The molecule has 1 aromatic rings. The molecular formula is C10H16N4O. The van der Waals surface area contributed by atoms with E-state index in [1.807, 2.05) is 0 Å². The Bertz CT molecular complexity index is 312. The van der Waals surface area contributed by atoms with Gasteiger partial charge in [0.15, 0.2) is 0 Å². The van der Waals surface area contributed by atoms with E-state index in [1.165, 1.54) is 6.42 Å². The molecule has 82 valence electrons. The molecule has 1 aromatic heterocycles. The van der Waals surface area contributed by atoms with Crippen LogP contribution in [0.1, 0.15) is 6.42 Å². The van der Waals surface area contributed by atoms with Gasteiger partial charge in [0.2, 0.25) is 11.8 Å². The fourth-order valence-corrected chi connectivity index (χ4v) is 1.67. The number of hydrogen-bond donors (Lipinski definition) is 2. The molecule has 1 unspecified atom stereocenters. The van der Waals surface area contributed by atoms with Crippen molar-refractivity contribution >= 4 is 5.95 Å². The van der Waals surface area contributed by atoms with E-state index in [1.54, 1.807) is 19.4 Å². The smallest absolute Gasteiger partial charge is 0.225 e. The largest absolute Gasteiger partial charge is 0.481 e. The van der Waals surface area contributed by atoms with E-state index in [4.69, 9.17) is 4.74 Å². The topological polar surface area (TPSA) is 59.1 Å². The van der Waals surface area contributed by atoms with Crippen LogP contribution in [0.5, 0.6) is 5.88 Å². The highest BCUT2D eigenvalue weighted by Gasteiger charge is 2.14. The van der Waals surface area contributed by atoms with Crippen LogP contribution in [0.4, 0.5) is 5.95 Å². The minimum atomic E-state index is 0.594. The van der Waals surface area contributed by atoms with Gasteiger partial charge in [0, 0.05) is 18.8 Å². The van der Waals surface area contributed by atoms with Gasteiger partial charge in [-0.2, -0.15) is 4.98 Å². The zero-order valence-corrected chi connectivity index (χ0v) is 8.86. The van der Waals surface area contributed by atoms with Gasteiger partial charge in [0.05, 0.1) is 7.11 Å². The van der Waals surface area contributed by atoms with Crippen molar-refractivity contribution in [1.29, 1.82) is 0 Å². The summed E-state index contributed by atoms with van der Waals surface area (Å²) in [5.74, 6) is 1.91. The highest BCUT2D eigenvalue weighted by Crippen LogP contribution is 2.10. The number of rotatable bonds is 4. The van der Waals surface area contributed by atoms with E-state index in [0.717, 1.165) is 19.6 Å². The summed E-state index contributed by atoms with van der Waals surface area (Å²) >= 11 is 0. The third-order valence-corrected chi connectivity index (χ3v) is 2.55. The molecule has 15 heavy (non-hydrogen) atoms. The summed E-state index contributed by atoms with van der Waals surface area (Å²) < 4.78 is 5.02. The number of anilines is 1. The lowest BCUT2D eigenvalue weighted by Gasteiger charge is -2.09. The Morgan fingerprint density at radius 1 is 1.67 bits per heavy atom. The monoisotopic (exact) mass is 208 g/mol. The second kappa shape index (κ2) is 4.93. The maximum atomic E-state index is 5.02. The van der Waals surface area contributed by atoms with Gasteiger partial charge < -0.3 is 15.4 Å². The van der Waals surface area contributed by atoms with Crippen LogP contribution in [0.15, 0.2) is 12.3 Å². The Morgan fingerprint density at radius 2 is 2.60 bits per heavy atom. The highest BCUT2D eigenvalue weighted by atomic mass is 16.5. The first kappa shape index (κ1) is 10.2. The molecule has 5 heteroatoms. The van der Waals surface area contributed by atoms with Crippen LogP contribution in [-0.4, -0.2) is 36.7 Å². The van der Waals surface area contributed by atoms with Gasteiger partial charge in [0.1, 0.15) is 0 Å². The minimum Gasteiger partial charge on any atom is -0.481 e. The lowest BCUT2D eigenvalue weighted by Crippen LogP contribution is -2.18. The third kappa shape index (κ3) is 2.79. The van der Waals surface area contributed by atoms with Crippen LogP contribution in [0.3, 0.4) is 0 Å². The predicted octanol–water partition coefficient (Wildman–Crippen LogP) is 0.507. The van der Waals surface area contributed by atoms with Gasteiger partial charge >= 0.3 is 0 Å². The van der Waals surface area contributed by atoms with Crippen molar-refractivity contribution in [3.63, 3.8) is 0 Å². The maximum absolute atomic E-state index is 5.02. The Hall–Kier alpha value is -1.36. The maximum Gasteiger partial charge on any atom is 0.225 e. The van der Waals surface area contributed by atoms with Gasteiger partial charge in [-0.25, -0.2) is 4.98 Å². The SMILES string of the molecule is COc1ccnc(NCC2CCNC2)n1. The number of nitrogens with one attached hydrogen (secondary N) is 2. The van der Waals surface area contributed by atoms with Crippen molar-refractivity contribution in [3.05, 3.63) is 12.3 Å². The summed E-state index contributed by atoms with van der Waals surface area (Å²) in [6.07, 6.45) is 2.91. The van der Waals surface area contributed by atoms with E-state index >= 15 is 0 Å². The molecule has 5 nitrogen and oxygen atoms in total. The van der Waals surface area contributed by atoms with Crippen LogP contribution in [-0.2, 0) is 0 Å². The van der Waals surface area contributed by atoms with Crippen LogP contribution in [0.25, 0.3) is 0 Å². The molecule has 0 aromatic carbocycles. The molecule has 1 aliphatic heterocycles. The first-order chi connectivity index (χ1) is 7.38. The van der Waals surface area contributed by atoms with Crippen molar-refractivity contribution in [2.75, 3.05) is 32.1 Å². The Kier molecular flexibility index (Phi) is 3.34. The van der Waals surface area contributed by atoms with Crippen molar-refractivity contribution in [2.24, 2.45) is 5.92 Å². The molecule has 0 radical (unpaired) electrons. The lowest BCUT2D eigenvalue weighted by molar-refractivity contribution is 0.397. The molecule has 0 saturated carbocycles. The molecule has 0 amide bonds. The number of nitrogens with zero attached hydrogens (tertiary/aromatic N) is 2. The number of methoxy groups -OCH3 is 1. The second-order valence-corrected chi connectivity index (χ2v) is 3.66. The van der Waals surface area contributed by atoms with E-state index in [2.05, 4.69) is 20.6 Å². The predicted molar refractivity (Wildman–Crippen MR) is 58.1 cm³/mol. The molecule has 2 rings (SSSR count). The van der Waals surface area contributed by atoms with E-state index in [-0.39, 0.29) is 0 Å². The number of aromatic nitrogens is 2. The molecule has 2 N–H and O–H groups in total. The molecule has 0 bridgehead atoms. The second-order valence-electron chi connectivity index (χ2n) is 3.66. The molecule has 1 atom stereocenters. The van der Waals surface area contributed by atoms with Crippen molar-refractivity contribution in [2.45, 2.75) is 6.42 Å². The summed E-state index contributed by atoms with van der Waals surface area (Å²) in [7, 11) is 1.60.